The highest BCUT2D eigenvalue weighted by Crippen LogP contribution is 2.30. The summed E-state index contributed by atoms with van der Waals surface area (Å²) in [5, 5.41) is 12.4. The number of carbonyl (C=O) groups is 2. The number of nitrogens with one attached hydrogen (secondary N) is 1. The summed E-state index contributed by atoms with van der Waals surface area (Å²) in [7, 11) is 0. The van der Waals surface area contributed by atoms with Crippen molar-refractivity contribution in [3.05, 3.63) is 83.4 Å². The number of ether oxygens (including phenoxy) is 3. The van der Waals surface area contributed by atoms with E-state index in [1.54, 1.807) is 42.5 Å². The van der Waals surface area contributed by atoms with E-state index in [0.29, 0.717) is 16.7 Å². The molecule has 2 aromatic carbocycles. The molecule has 2 aliphatic heterocycles. The minimum absolute atomic E-state index is 0.0149. The molecular weight excluding hydrogens is 469 g/mol. The Labute approximate surface area is 206 Å². The summed E-state index contributed by atoms with van der Waals surface area (Å²) in [6, 6.07) is 13.1. The molecule has 4 unspecified atom stereocenters. The molecule has 4 atom stereocenters. The van der Waals surface area contributed by atoms with Gasteiger partial charge in [-0.1, -0.05) is 18.2 Å². The van der Waals surface area contributed by atoms with Gasteiger partial charge in [0.1, 0.15) is 18.3 Å². The first kappa shape index (κ1) is 24.0. The van der Waals surface area contributed by atoms with Gasteiger partial charge in [-0.05, 0) is 47.0 Å². The highest BCUT2D eigenvalue weighted by molar-refractivity contribution is 6.05. The predicted octanol–water partition coefficient (Wildman–Crippen LogP) is 2.28. The monoisotopic (exact) mass is 493 g/mol. The number of esters is 1. The highest BCUT2D eigenvalue weighted by Gasteiger charge is 2.49. The van der Waals surface area contributed by atoms with Crippen LogP contribution in [-0.4, -0.2) is 59.6 Å². The molecular formula is C26H24FN3O6. The van der Waals surface area contributed by atoms with Crippen LogP contribution in [-0.2, 0) is 20.8 Å². The van der Waals surface area contributed by atoms with Gasteiger partial charge in [0.15, 0.2) is 11.9 Å². The van der Waals surface area contributed by atoms with Gasteiger partial charge in [0, 0.05) is 18.3 Å². The number of pyridine rings is 1. The van der Waals surface area contributed by atoms with Crippen molar-refractivity contribution >= 4 is 17.6 Å². The quantitative estimate of drug-likeness (QED) is 0.446. The molecule has 5 rings (SSSR count). The summed E-state index contributed by atoms with van der Waals surface area (Å²) in [5.41, 5.74) is 8.60. The van der Waals surface area contributed by atoms with Crippen molar-refractivity contribution in [1.29, 1.82) is 0 Å². The van der Waals surface area contributed by atoms with Gasteiger partial charge in [0.25, 0.3) is 5.91 Å². The minimum Gasteiger partial charge on any atom is -0.453 e. The maximum Gasteiger partial charge on any atom is 0.338 e. The molecule has 0 spiro atoms. The van der Waals surface area contributed by atoms with Crippen molar-refractivity contribution in [3.63, 3.8) is 0 Å². The zero-order chi connectivity index (χ0) is 25.2. The second-order valence-electron chi connectivity index (χ2n) is 8.57. The standard InChI is InChI=1S/C26H24FN3O6/c27-19-11-29-7-6-20(19)30-25(32)15-4-5-17(10-28)18(9-15)14-2-1-3-16(8-14)26(33)36-22-13-35-23-21(31)12-34-24(22)23/h1-9,11,21-24,31H,10,12-13,28H2,(H,29,30,32). The molecule has 2 aliphatic rings. The van der Waals surface area contributed by atoms with Gasteiger partial charge in [0.05, 0.1) is 30.7 Å². The summed E-state index contributed by atoms with van der Waals surface area (Å²) in [6.45, 7) is 0.482. The average molecular weight is 493 g/mol. The number of amides is 1. The molecule has 3 heterocycles. The lowest BCUT2D eigenvalue weighted by Gasteiger charge is -2.17. The minimum atomic E-state index is -0.740. The smallest absolute Gasteiger partial charge is 0.338 e. The average Bonchev–Trinajstić information content (AvgIpc) is 3.47. The van der Waals surface area contributed by atoms with E-state index in [1.807, 2.05) is 0 Å². The lowest BCUT2D eigenvalue weighted by molar-refractivity contribution is -0.0209. The SMILES string of the molecule is NCc1ccc(C(=O)Nc2ccncc2F)cc1-c1cccc(C(=O)OC2COC3C(O)COC23)c1. The normalized spacial score (nSPS) is 22.8. The van der Waals surface area contributed by atoms with Crippen molar-refractivity contribution in [2.45, 2.75) is 31.0 Å². The lowest BCUT2D eigenvalue weighted by atomic mass is 9.95. The number of hydrogen-bond donors (Lipinski definition) is 3. The number of halogens is 1. The van der Waals surface area contributed by atoms with Crippen molar-refractivity contribution in [3.8, 4) is 11.1 Å². The van der Waals surface area contributed by atoms with Gasteiger partial charge in [-0.25, -0.2) is 9.18 Å². The van der Waals surface area contributed by atoms with Crippen molar-refractivity contribution in [2.75, 3.05) is 18.5 Å². The van der Waals surface area contributed by atoms with Crippen LogP contribution in [0, 0.1) is 5.82 Å². The third-order valence-electron chi connectivity index (χ3n) is 6.26. The van der Waals surface area contributed by atoms with Gasteiger partial charge < -0.3 is 30.4 Å². The van der Waals surface area contributed by atoms with Crippen LogP contribution in [0.5, 0.6) is 0 Å². The molecule has 0 saturated carbocycles. The third-order valence-corrected chi connectivity index (χ3v) is 6.26. The second-order valence-corrected chi connectivity index (χ2v) is 8.57. The first-order chi connectivity index (χ1) is 17.4. The van der Waals surface area contributed by atoms with Crippen LogP contribution in [0.25, 0.3) is 11.1 Å². The molecule has 9 nitrogen and oxygen atoms in total. The summed E-state index contributed by atoms with van der Waals surface area (Å²) >= 11 is 0. The zero-order valence-electron chi connectivity index (χ0n) is 19.1. The predicted molar refractivity (Wildman–Crippen MR) is 127 cm³/mol. The van der Waals surface area contributed by atoms with E-state index in [9.17, 15) is 19.1 Å². The Kier molecular flexibility index (Phi) is 6.75. The van der Waals surface area contributed by atoms with Crippen molar-refractivity contribution in [1.82, 2.24) is 4.98 Å². The summed E-state index contributed by atoms with van der Waals surface area (Å²) < 4.78 is 30.6. The van der Waals surface area contributed by atoms with Crippen LogP contribution in [0.2, 0.25) is 0 Å². The van der Waals surface area contributed by atoms with E-state index in [-0.39, 0.29) is 31.0 Å². The summed E-state index contributed by atoms with van der Waals surface area (Å²) in [4.78, 5) is 29.4. The number of fused-ring (bicyclic) bond motifs is 1. The summed E-state index contributed by atoms with van der Waals surface area (Å²) in [5.74, 6) is -1.71. The van der Waals surface area contributed by atoms with Crippen LogP contribution in [0.4, 0.5) is 10.1 Å². The van der Waals surface area contributed by atoms with E-state index in [4.69, 9.17) is 19.9 Å². The van der Waals surface area contributed by atoms with Crippen LogP contribution < -0.4 is 11.1 Å². The Balaban J connectivity index is 1.37. The fourth-order valence-corrected chi connectivity index (χ4v) is 4.40. The number of anilines is 1. The molecule has 1 amide bonds. The molecule has 3 aromatic rings. The second kappa shape index (κ2) is 10.1. The fraction of sp³-hybridized carbons (Fsp3) is 0.269. The van der Waals surface area contributed by atoms with E-state index in [2.05, 4.69) is 10.3 Å². The largest absolute Gasteiger partial charge is 0.453 e. The molecule has 0 radical (unpaired) electrons. The van der Waals surface area contributed by atoms with Crippen LogP contribution >= 0.6 is 0 Å². The number of aliphatic hydroxyl groups is 1. The van der Waals surface area contributed by atoms with Gasteiger partial charge >= 0.3 is 5.97 Å². The fourth-order valence-electron chi connectivity index (χ4n) is 4.40. The van der Waals surface area contributed by atoms with Gasteiger partial charge in [-0.3, -0.25) is 9.78 Å². The Hall–Kier alpha value is -3.70. The first-order valence-electron chi connectivity index (χ1n) is 11.4. The van der Waals surface area contributed by atoms with Crippen LogP contribution in [0.1, 0.15) is 26.3 Å². The van der Waals surface area contributed by atoms with Gasteiger partial charge in [-0.2, -0.15) is 0 Å². The number of nitrogens with zero attached hydrogens (tertiary/aromatic N) is 1. The van der Waals surface area contributed by atoms with E-state index in [1.165, 1.54) is 12.3 Å². The molecule has 186 valence electrons. The topological polar surface area (TPSA) is 133 Å². The number of hydrogen-bond acceptors (Lipinski definition) is 8. The van der Waals surface area contributed by atoms with Crippen molar-refractivity contribution < 1.29 is 33.3 Å². The van der Waals surface area contributed by atoms with Gasteiger partial charge in [-0.15, -0.1) is 0 Å². The maximum atomic E-state index is 13.9. The molecule has 2 fully saturated rings. The number of aromatic nitrogens is 1. The molecule has 0 aliphatic carbocycles. The highest BCUT2D eigenvalue weighted by atomic mass is 19.1. The number of aliphatic hydroxyl groups excluding tert-OH is 1. The zero-order valence-corrected chi connectivity index (χ0v) is 19.1. The Morgan fingerprint density at radius 2 is 1.94 bits per heavy atom. The van der Waals surface area contributed by atoms with E-state index < -0.39 is 42.1 Å². The molecule has 4 N–H and O–H groups in total. The summed E-state index contributed by atoms with van der Waals surface area (Å²) in [6.07, 6.45) is 0.0272. The molecule has 36 heavy (non-hydrogen) atoms. The number of nitrogens with two attached hydrogens (primary N) is 1. The number of rotatable bonds is 6. The van der Waals surface area contributed by atoms with Crippen molar-refractivity contribution in [2.24, 2.45) is 5.73 Å². The molecule has 0 bridgehead atoms. The van der Waals surface area contributed by atoms with Gasteiger partial charge in [0.2, 0.25) is 0 Å². The Morgan fingerprint density at radius 3 is 2.75 bits per heavy atom. The molecule has 2 saturated heterocycles. The van der Waals surface area contributed by atoms with Crippen LogP contribution in [0.3, 0.4) is 0 Å². The Morgan fingerprint density at radius 1 is 1.11 bits per heavy atom. The van der Waals surface area contributed by atoms with E-state index >= 15 is 0 Å². The first-order valence-corrected chi connectivity index (χ1v) is 11.4. The molecule has 1 aromatic heterocycles. The molecule has 10 heteroatoms. The lowest BCUT2D eigenvalue weighted by Crippen LogP contribution is -2.34. The van der Waals surface area contributed by atoms with E-state index in [0.717, 1.165) is 11.8 Å². The number of carbonyl (C=O) groups excluding carboxylic acids is 2. The Bertz CT molecular complexity index is 1300. The van der Waals surface area contributed by atoms with Crippen LogP contribution in [0.15, 0.2) is 60.9 Å². The number of benzene rings is 2. The third kappa shape index (κ3) is 4.71. The maximum absolute atomic E-state index is 13.9.